The van der Waals surface area contributed by atoms with E-state index >= 15 is 0 Å². The van der Waals surface area contributed by atoms with Crippen LogP contribution >= 0.6 is 11.6 Å². The number of hydrogen-bond donors (Lipinski definition) is 2. The molecule has 15 heteroatoms. The van der Waals surface area contributed by atoms with Crippen molar-refractivity contribution in [2.45, 2.75) is 44.6 Å². The molecule has 0 spiro atoms. The Hall–Kier alpha value is -4.72. The van der Waals surface area contributed by atoms with Crippen molar-refractivity contribution < 1.29 is 14.4 Å². The molecule has 3 aliphatic rings. The Morgan fingerprint density at radius 1 is 1.10 bits per heavy atom. The summed E-state index contributed by atoms with van der Waals surface area (Å²) in [5.74, 6) is 0.456. The molecular formula is C27H26ClN11O3. The topological polar surface area (TPSA) is 164 Å². The Kier molecular flexibility index (Phi) is 6.22. The molecule has 7 rings (SSSR count). The monoisotopic (exact) mass is 587 g/mol. The summed E-state index contributed by atoms with van der Waals surface area (Å²) in [5.41, 5.74) is 3.75. The van der Waals surface area contributed by atoms with Gasteiger partial charge in [0.15, 0.2) is 5.65 Å². The first-order valence-electron chi connectivity index (χ1n) is 13.6. The van der Waals surface area contributed by atoms with Crippen LogP contribution in [0.25, 0.3) is 5.65 Å². The lowest BCUT2D eigenvalue weighted by Gasteiger charge is -2.17. The third kappa shape index (κ3) is 4.98. The number of hydrogen-bond acceptors (Lipinski definition) is 10. The van der Waals surface area contributed by atoms with Crippen LogP contribution in [0.4, 0.5) is 22.4 Å². The third-order valence-corrected chi connectivity index (χ3v) is 7.84. The molecular weight excluding hydrogens is 562 g/mol. The zero-order valence-corrected chi connectivity index (χ0v) is 23.5. The molecule has 2 atom stereocenters. The first-order valence-corrected chi connectivity index (χ1v) is 14.0. The molecule has 2 aliphatic carbocycles. The smallest absolute Gasteiger partial charge is 0.331 e. The van der Waals surface area contributed by atoms with Crippen molar-refractivity contribution in [2.75, 3.05) is 29.1 Å². The molecule has 0 bridgehead atoms. The second kappa shape index (κ2) is 9.98. The van der Waals surface area contributed by atoms with Crippen LogP contribution in [0.3, 0.4) is 0 Å². The van der Waals surface area contributed by atoms with Gasteiger partial charge in [-0.15, -0.1) is 0 Å². The lowest BCUT2D eigenvalue weighted by molar-refractivity contribution is -0.124. The van der Waals surface area contributed by atoms with Crippen molar-refractivity contribution in [3.63, 3.8) is 0 Å². The average molecular weight is 588 g/mol. The Labute approximate surface area is 244 Å². The number of imidazole rings is 1. The number of anilines is 3. The molecule has 2 N–H and O–H groups in total. The second-order valence-electron chi connectivity index (χ2n) is 10.8. The maximum Gasteiger partial charge on any atom is 0.331 e. The van der Waals surface area contributed by atoms with Crippen LogP contribution < -0.4 is 15.5 Å². The molecule has 2 saturated carbocycles. The highest BCUT2D eigenvalue weighted by atomic mass is 35.5. The van der Waals surface area contributed by atoms with Gasteiger partial charge >= 0.3 is 6.03 Å². The summed E-state index contributed by atoms with van der Waals surface area (Å²) < 4.78 is 1.88. The number of likely N-dealkylation sites (N-methyl/N-ethyl adjacent to an activating group) is 1. The number of aryl methyl sites for hydroxylation is 1. The normalized spacial score (nSPS) is 20.0. The molecule has 4 aromatic rings. The number of carbonyl (C=O) groups excluding carboxylic acids is 3. The Morgan fingerprint density at radius 2 is 1.90 bits per heavy atom. The molecule has 1 saturated heterocycles. The van der Waals surface area contributed by atoms with E-state index in [2.05, 4.69) is 35.6 Å². The lowest BCUT2D eigenvalue weighted by atomic mass is 10.1. The van der Waals surface area contributed by atoms with Crippen molar-refractivity contribution in [1.29, 1.82) is 0 Å². The number of nitrogens with one attached hydrogen (secondary N) is 2. The lowest BCUT2D eigenvalue weighted by Crippen LogP contribution is -2.30. The van der Waals surface area contributed by atoms with Crippen molar-refractivity contribution in [3.05, 3.63) is 58.8 Å². The van der Waals surface area contributed by atoms with E-state index < -0.39 is 0 Å². The minimum absolute atomic E-state index is 0.0307. The van der Waals surface area contributed by atoms with Crippen molar-refractivity contribution in [1.82, 2.24) is 39.2 Å². The number of urea groups is 1. The molecule has 14 nitrogen and oxygen atoms in total. The quantitative estimate of drug-likeness (QED) is 0.293. The van der Waals surface area contributed by atoms with Crippen LogP contribution in [0.1, 0.15) is 53.9 Å². The number of nitrogens with zero attached hydrogens (tertiary/aromatic N) is 9. The highest BCUT2D eigenvalue weighted by Crippen LogP contribution is 2.46. The summed E-state index contributed by atoms with van der Waals surface area (Å²) in [5, 5.41) is 5.73. The number of carbonyl (C=O) groups is 3. The van der Waals surface area contributed by atoms with Gasteiger partial charge in [-0.05, 0) is 61.4 Å². The number of rotatable bonds is 8. The van der Waals surface area contributed by atoms with E-state index in [0.717, 1.165) is 29.0 Å². The highest BCUT2D eigenvalue weighted by Gasteiger charge is 2.46. The highest BCUT2D eigenvalue weighted by molar-refractivity contribution is 6.28. The van der Waals surface area contributed by atoms with E-state index in [1.54, 1.807) is 6.20 Å². The molecule has 4 aromatic heterocycles. The molecule has 214 valence electrons. The van der Waals surface area contributed by atoms with Crippen LogP contribution in [0.2, 0.25) is 5.28 Å². The van der Waals surface area contributed by atoms with Gasteiger partial charge in [-0.3, -0.25) is 24.7 Å². The summed E-state index contributed by atoms with van der Waals surface area (Å²) in [6.07, 6.45) is 8.37. The third-order valence-electron chi connectivity index (χ3n) is 7.67. The van der Waals surface area contributed by atoms with Crippen LogP contribution in [-0.2, 0) is 16.1 Å². The van der Waals surface area contributed by atoms with Crippen LogP contribution in [-0.4, -0.2) is 70.6 Å². The fourth-order valence-electron chi connectivity index (χ4n) is 5.14. The van der Waals surface area contributed by atoms with E-state index in [0.29, 0.717) is 35.2 Å². The van der Waals surface area contributed by atoms with Gasteiger partial charge in [0, 0.05) is 43.2 Å². The number of amides is 4. The van der Waals surface area contributed by atoms with Gasteiger partial charge in [-0.25, -0.2) is 19.7 Å². The van der Waals surface area contributed by atoms with Crippen LogP contribution in [0.5, 0.6) is 0 Å². The Bertz CT molecular complexity index is 1770. The summed E-state index contributed by atoms with van der Waals surface area (Å²) in [6.45, 7) is 2.09. The van der Waals surface area contributed by atoms with Crippen molar-refractivity contribution in [2.24, 2.45) is 5.92 Å². The van der Waals surface area contributed by atoms with Gasteiger partial charge in [0.1, 0.15) is 12.4 Å². The minimum Gasteiger partial charge on any atom is -0.348 e. The first-order chi connectivity index (χ1) is 20.2. The fourth-order valence-corrected chi connectivity index (χ4v) is 5.30. The maximum atomic E-state index is 12.8. The van der Waals surface area contributed by atoms with Gasteiger partial charge in [-0.1, -0.05) is 0 Å². The van der Waals surface area contributed by atoms with Gasteiger partial charge < -0.3 is 9.72 Å². The largest absolute Gasteiger partial charge is 0.348 e. The molecule has 0 aromatic carbocycles. The van der Waals surface area contributed by atoms with Gasteiger partial charge in [-0.2, -0.15) is 15.0 Å². The zero-order chi connectivity index (χ0) is 29.1. The second-order valence-corrected chi connectivity index (χ2v) is 11.2. The summed E-state index contributed by atoms with van der Waals surface area (Å²) in [6, 6.07) is 3.39. The molecule has 0 unspecified atom stereocenters. The fraction of sp³-hybridized carbons (Fsp3) is 0.370. The summed E-state index contributed by atoms with van der Waals surface area (Å²) in [7, 11) is 1.48. The van der Waals surface area contributed by atoms with E-state index in [4.69, 9.17) is 16.6 Å². The standard InChI is InChI=1S/C27H26ClN11O3/c1-13-5-6-29-21(31-13)17-8-18(17)23(41)33-26-35-24(28)34-25(36-26)30-9-16-11-38-10-15(14-3-4-14)7-19(22(38)32-16)39-12-20(40)37(2)27(39)42/h5-7,10-11,14,17-18H,3-4,8-9,12H2,1-2H3,(H2,30,33,34,35,36,41)/t17-,18-/m0/s1. The number of pyridine rings is 1. The average Bonchev–Trinajstić information content (AvgIpc) is 3.88. The molecule has 42 heavy (non-hydrogen) atoms. The maximum absolute atomic E-state index is 12.8. The number of aromatic nitrogens is 7. The first kappa shape index (κ1) is 26.2. The van der Waals surface area contributed by atoms with Gasteiger partial charge in [0.2, 0.25) is 29.0 Å². The molecule has 3 fully saturated rings. The molecule has 4 amide bonds. The van der Waals surface area contributed by atoms with Crippen molar-refractivity contribution in [3.8, 4) is 0 Å². The molecule has 5 heterocycles. The molecule has 0 radical (unpaired) electrons. The van der Waals surface area contributed by atoms with Gasteiger partial charge in [0.25, 0.3) is 0 Å². The molecule has 1 aliphatic heterocycles. The van der Waals surface area contributed by atoms with E-state index in [1.807, 2.05) is 35.9 Å². The number of fused-ring (bicyclic) bond motifs is 1. The van der Waals surface area contributed by atoms with Crippen molar-refractivity contribution >= 4 is 52.7 Å². The zero-order valence-electron chi connectivity index (χ0n) is 22.8. The minimum atomic E-state index is -0.379. The predicted molar refractivity (Wildman–Crippen MR) is 151 cm³/mol. The SMILES string of the molecule is Cc1ccnc([C@H]2C[C@@H]2C(=O)Nc2nc(Cl)nc(NCc3cn4cc(C5CC5)cc(N5CC(=O)N(C)C5=O)c4n3)n2)n1. The summed E-state index contributed by atoms with van der Waals surface area (Å²) in [4.78, 5) is 66.3. The Morgan fingerprint density at radius 3 is 2.64 bits per heavy atom. The van der Waals surface area contributed by atoms with E-state index in [9.17, 15) is 14.4 Å². The van der Waals surface area contributed by atoms with E-state index in [-0.39, 0.29) is 60.0 Å². The summed E-state index contributed by atoms with van der Waals surface area (Å²) >= 11 is 6.14. The number of imide groups is 1. The van der Waals surface area contributed by atoms with E-state index in [1.165, 1.54) is 11.9 Å². The van der Waals surface area contributed by atoms with Crippen LogP contribution in [0.15, 0.2) is 30.7 Å². The van der Waals surface area contributed by atoms with Gasteiger partial charge in [0.05, 0.1) is 17.9 Å². The van der Waals surface area contributed by atoms with Crippen LogP contribution in [0, 0.1) is 12.8 Å². The Balaban J connectivity index is 1.07. The number of halogens is 1. The predicted octanol–water partition coefficient (Wildman–Crippen LogP) is 2.90.